The Bertz CT molecular complexity index is 274. The van der Waals surface area contributed by atoms with Crippen LogP contribution in [0.4, 0.5) is 0 Å². The van der Waals surface area contributed by atoms with Crippen molar-refractivity contribution in [3.05, 3.63) is 35.4 Å². The van der Waals surface area contributed by atoms with E-state index < -0.39 is 0 Å². The van der Waals surface area contributed by atoms with Gasteiger partial charge in [-0.05, 0) is 37.4 Å². The summed E-state index contributed by atoms with van der Waals surface area (Å²) in [6.45, 7) is 3.38. The van der Waals surface area contributed by atoms with Gasteiger partial charge in [0.25, 0.3) is 0 Å². The second-order valence-electron chi connectivity index (χ2n) is 3.86. The summed E-state index contributed by atoms with van der Waals surface area (Å²) in [5.74, 6) is 0. The molecule has 0 spiro atoms. The van der Waals surface area contributed by atoms with Crippen LogP contribution >= 0.6 is 0 Å². The molecule has 1 aliphatic heterocycles. The molecule has 1 heteroatoms. The average molecular weight is 175 g/mol. The Morgan fingerprint density at radius 2 is 2.08 bits per heavy atom. The van der Waals surface area contributed by atoms with Gasteiger partial charge in [0.1, 0.15) is 0 Å². The van der Waals surface area contributed by atoms with Gasteiger partial charge in [0.15, 0.2) is 0 Å². The molecule has 1 nitrogen and oxygen atoms in total. The van der Waals surface area contributed by atoms with E-state index in [1.54, 1.807) is 0 Å². The van der Waals surface area contributed by atoms with E-state index >= 15 is 0 Å². The van der Waals surface area contributed by atoms with E-state index in [0.29, 0.717) is 6.04 Å². The van der Waals surface area contributed by atoms with Gasteiger partial charge in [0.2, 0.25) is 0 Å². The maximum absolute atomic E-state index is 3.58. The number of rotatable bonds is 1. The summed E-state index contributed by atoms with van der Waals surface area (Å²) in [7, 11) is 0. The average Bonchev–Trinajstić information content (AvgIpc) is 2.20. The predicted molar refractivity (Wildman–Crippen MR) is 55.8 cm³/mol. The maximum atomic E-state index is 3.58. The van der Waals surface area contributed by atoms with Gasteiger partial charge in [-0.1, -0.05) is 30.7 Å². The molecule has 0 aromatic heterocycles. The van der Waals surface area contributed by atoms with Gasteiger partial charge in [-0.3, -0.25) is 0 Å². The molecule has 1 fully saturated rings. The normalized spacial score (nSPS) is 23.0. The molecular weight excluding hydrogens is 158 g/mol. The molecule has 0 unspecified atom stereocenters. The Labute approximate surface area is 80.2 Å². The Kier molecular flexibility index (Phi) is 2.65. The Morgan fingerprint density at radius 3 is 2.77 bits per heavy atom. The summed E-state index contributed by atoms with van der Waals surface area (Å²) in [4.78, 5) is 0. The quantitative estimate of drug-likeness (QED) is 0.692. The van der Waals surface area contributed by atoms with Crippen LogP contribution in [0, 0.1) is 6.92 Å². The molecule has 0 saturated carbocycles. The highest BCUT2D eigenvalue weighted by Gasteiger charge is 2.15. The van der Waals surface area contributed by atoms with E-state index in [4.69, 9.17) is 0 Å². The minimum absolute atomic E-state index is 0.606. The number of hydrogen-bond acceptors (Lipinski definition) is 1. The van der Waals surface area contributed by atoms with Crippen molar-refractivity contribution in [3.63, 3.8) is 0 Å². The van der Waals surface area contributed by atoms with E-state index in [-0.39, 0.29) is 0 Å². The molecule has 0 aliphatic carbocycles. The van der Waals surface area contributed by atoms with E-state index in [1.165, 1.54) is 36.9 Å². The predicted octanol–water partition coefficient (Wildman–Crippen LogP) is 2.81. The smallest absolute Gasteiger partial charge is 0.0322 e. The molecule has 0 radical (unpaired) electrons. The molecule has 1 atom stereocenters. The fourth-order valence-corrected chi connectivity index (χ4v) is 2.10. The lowest BCUT2D eigenvalue weighted by atomic mass is 9.94. The van der Waals surface area contributed by atoms with Crippen LogP contribution < -0.4 is 5.32 Å². The molecule has 1 aliphatic rings. The summed E-state index contributed by atoms with van der Waals surface area (Å²) < 4.78 is 0. The Hall–Kier alpha value is -0.820. The molecule has 1 saturated heterocycles. The van der Waals surface area contributed by atoms with Crippen LogP contribution in [0.3, 0.4) is 0 Å². The standard InChI is InChI=1S/C12H17N/c1-10-6-2-3-7-11(10)12-8-4-5-9-13-12/h2-3,6-7,12-13H,4-5,8-9H2,1H3/t12-/m1/s1. The topological polar surface area (TPSA) is 12.0 Å². The third kappa shape index (κ3) is 1.92. The minimum Gasteiger partial charge on any atom is -0.310 e. The van der Waals surface area contributed by atoms with Crippen LogP contribution in [-0.4, -0.2) is 6.54 Å². The molecule has 2 rings (SSSR count). The van der Waals surface area contributed by atoms with Crippen molar-refractivity contribution in [1.29, 1.82) is 0 Å². The first-order valence-electron chi connectivity index (χ1n) is 5.17. The van der Waals surface area contributed by atoms with Crippen molar-refractivity contribution in [1.82, 2.24) is 5.32 Å². The summed E-state index contributed by atoms with van der Waals surface area (Å²) in [6, 6.07) is 9.31. The second kappa shape index (κ2) is 3.93. The van der Waals surface area contributed by atoms with Gasteiger partial charge in [0.05, 0.1) is 0 Å². The number of nitrogens with one attached hydrogen (secondary N) is 1. The van der Waals surface area contributed by atoms with Crippen molar-refractivity contribution in [2.45, 2.75) is 32.2 Å². The first kappa shape index (κ1) is 8.76. The van der Waals surface area contributed by atoms with E-state index in [9.17, 15) is 0 Å². The number of benzene rings is 1. The van der Waals surface area contributed by atoms with Gasteiger partial charge < -0.3 is 5.32 Å². The molecule has 1 heterocycles. The third-order valence-electron chi connectivity index (χ3n) is 2.87. The molecule has 0 amide bonds. The van der Waals surface area contributed by atoms with Gasteiger partial charge >= 0.3 is 0 Å². The minimum atomic E-state index is 0.606. The lowest BCUT2D eigenvalue weighted by molar-refractivity contribution is 0.411. The van der Waals surface area contributed by atoms with Crippen LogP contribution in [0.25, 0.3) is 0 Å². The summed E-state index contributed by atoms with van der Waals surface area (Å²) in [6.07, 6.45) is 4.00. The molecule has 1 aromatic rings. The zero-order valence-corrected chi connectivity index (χ0v) is 8.22. The molecule has 1 N–H and O–H groups in total. The lowest BCUT2D eigenvalue weighted by Gasteiger charge is -2.25. The van der Waals surface area contributed by atoms with Crippen LogP contribution in [0.5, 0.6) is 0 Å². The van der Waals surface area contributed by atoms with Crippen LogP contribution in [-0.2, 0) is 0 Å². The van der Waals surface area contributed by atoms with Gasteiger partial charge in [-0.25, -0.2) is 0 Å². The largest absolute Gasteiger partial charge is 0.310 e. The van der Waals surface area contributed by atoms with Gasteiger partial charge in [-0.2, -0.15) is 0 Å². The molecule has 1 aromatic carbocycles. The maximum Gasteiger partial charge on any atom is 0.0322 e. The Balaban J connectivity index is 2.18. The summed E-state index contributed by atoms with van der Waals surface area (Å²) in [5.41, 5.74) is 2.91. The highest BCUT2D eigenvalue weighted by atomic mass is 14.9. The molecule has 13 heavy (non-hydrogen) atoms. The van der Waals surface area contributed by atoms with E-state index in [1.807, 2.05) is 0 Å². The van der Waals surface area contributed by atoms with Crippen molar-refractivity contribution >= 4 is 0 Å². The van der Waals surface area contributed by atoms with Crippen molar-refractivity contribution in [2.75, 3.05) is 6.54 Å². The highest BCUT2D eigenvalue weighted by molar-refractivity contribution is 5.28. The molecule has 70 valence electrons. The first-order chi connectivity index (χ1) is 6.38. The van der Waals surface area contributed by atoms with Crippen LogP contribution in [0.2, 0.25) is 0 Å². The number of piperidine rings is 1. The van der Waals surface area contributed by atoms with Crippen LogP contribution in [0.1, 0.15) is 36.4 Å². The van der Waals surface area contributed by atoms with Crippen LogP contribution in [0.15, 0.2) is 24.3 Å². The summed E-state index contributed by atoms with van der Waals surface area (Å²) >= 11 is 0. The van der Waals surface area contributed by atoms with E-state index in [0.717, 1.165) is 0 Å². The fourth-order valence-electron chi connectivity index (χ4n) is 2.10. The lowest BCUT2D eigenvalue weighted by Crippen LogP contribution is -2.27. The monoisotopic (exact) mass is 175 g/mol. The second-order valence-corrected chi connectivity index (χ2v) is 3.86. The zero-order chi connectivity index (χ0) is 9.10. The molecular formula is C12H17N. The highest BCUT2D eigenvalue weighted by Crippen LogP contribution is 2.24. The number of hydrogen-bond donors (Lipinski definition) is 1. The third-order valence-corrected chi connectivity index (χ3v) is 2.87. The Morgan fingerprint density at radius 1 is 1.23 bits per heavy atom. The first-order valence-corrected chi connectivity index (χ1v) is 5.17. The SMILES string of the molecule is Cc1ccccc1[C@H]1CCCCN1. The van der Waals surface area contributed by atoms with Crippen molar-refractivity contribution in [3.8, 4) is 0 Å². The summed E-state index contributed by atoms with van der Waals surface area (Å²) in [5, 5.41) is 3.58. The van der Waals surface area contributed by atoms with Crippen molar-refractivity contribution in [2.24, 2.45) is 0 Å². The fraction of sp³-hybridized carbons (Fsp3) is 0.500. The number of aryl methyl sites for hydroxylation is 1. The molecule has 0 bridgehead atoms. The van der Waals surface area contributed by atoms with Gasteiger partial charge in [-0.15, -0.1) is 0 Å². The van der Waals surface area contributed by atoms with E-state index in [2.05, 4.69) is 36.5 Å². The van der Waals surface area contributed by atoms with Crippen molar-refractivity contribution < 1.29 is 0 Å². The van der Waals surface area contributed by atoms with Gasteiger partial charge in [0, 0.05) is 6.04 Å². The zero-order valence-electron chi connectivity index (χ0n) is 8.22.